The predicted octanol–water partition coefficient (Wildman–Crippen LogP) is 3.65. The van der Waals surface area contributed by atoms with Crippen LogP contribution in [0.4, 0.5) is 0 Å². The fourth-order valence-corrected chi connectivity index (χ4v) is 2.63. The van der Waals surface area contributed by atoms with E-state index in [0.717, 1.165) is 25.7 Å². The van der Waals surface area contributed by atoms with E-state index >= 15 is 0 Å². The van der Waals surface area contributed by atoms with Crippen molar-refractivity contribution in [1.82, 2.24) is 0 Å². The molecular formula is C22H29NO5. The van der Waals surface area contributed by atoms with Gasteiger partial charge in [0.15, 0.2) is 17.3 Å². The standard InChI is InChI=1S/C22H29NO5/c1-20(2,3)17(23)16(24)13-6-7-14(27-18(25)21(4)8-9-21)15(12-13)28-19(26)22(5)10-11-22/h6-7,12,17H,8-11,23H2,1-5H3. The van der Waals surface area contributed by atoms with Crippen molar-refractivity contribution in [2.45, 2.75) is 66.3 Å². The Morgan fingerprint density at radius 1 is 0.929 bits per heavy atom. The molecule has 1 unspecified atom stereocenters. The Kier molecular flexibility index (Phi) is 4.90. The summed E-state index contributed by atoms with van der Waals surface area (Å²) >= 11 is 0. The predicted molar refractivity (Wildman–Crippen MR) is 104 cm³/mol. The average Bonchev–Trinajstić information content (AvgIpc) is 3.53. The number of rotatable bonds is 6. The number of hydrogen-bond donors (Lipinski definition) is 1. The average molecular weight is 387 g/mol. The quantitative estimate of drug-likeness (QED) is 0.455. The molecule has 0 saturated heterocycles. The van der Waals surface area contributed by atoms with E-state index in [0.29, 0.717) is 5.56 Å². The van der Waals surface area contributed by atoms with Crippen molar-refractivity contribution < 1.29 is 23.9 Å². The topological polar surface area (TPSA) is 95.7 Å². The molecule has 6 nitrogen and oxygen atoms in total. The second kappa shape index (κ2) is 6.69. The number of nitrogens with two attached hydrogens (primary N) is 1. The van der Waals surface area contributed by atoms with Crippen LogP contribution in [0.15, 0.2) is 18.2 Å². The third-order valence-corrected chi connectivity index (χ3v) is 5.83. The molecule has 0 radical (unpaired) electrons. The molecule has 0 aromatic heterocycles. The van der Waals surface area contributed by atoms with Crippen LogP contribution in [0.3, 0.4) is 0 Å². The SMILES string of the molecule is CC1(C(=O)Oc2ccc(C(=O)C(N)C(C)(C)C)cc2OC(=O)C2(C)CC2)CC1. The van der Waals surface area contributed by atoms with Crippen LogP contribution in [0.25, 0.3) is 0 Å². The minimum absolute atomic E-state index is 0.0858. The van der Waals surface area contributed by atoms with Gasteiger partial charge in [-0.3, -0.25) is 14.4 Å². The molecule has 1 aromatic rings. The van der Waals surface area contributed by atoms with Crippen LogP contribution >= 0.6 is 0 Å². The van der Waals surface area contributed by atoms with Gasteiger partial charge in [0.25, 0.3) is 0 Å². The molecule has 2 aliphatic carbocycles. The number of benzene rings is 1. The lowest BCUT2D eigenvalue weighted by Crippen LogP contribution is -2.42. The van der Waals surface area contributed by atoms with E-state index in [-0.39, 0.29) is 29.2 Å². The van der Waals surface area contributed by atoms with Crippen LogP contribution in [0, 0.1) is 16.2 Å². The summed E-state index contributed by atoms with van der Waals surface area (Å²) in [5.74, 6) is -0.756. The van der Waals surface area contributed by atoms with E-state index in [2.05, 4.69) is 0 Å². The summed E-state index contributed by atoms with van der Waals surface area (Å²) in [7, 11) is 0. The van der Waals surface area contributed by atoms with Gasteiger partial charge in [-0.05, 0) is 63.1 Å². The first-order valence-electron chi connectivity index (χ1n) is 9.74. The normalized spacial score (nSPS) is 20.1. The Balaban J connectivity index is 1.89. The highest BCUT2D eigenvalue weighted by atomic mass is 16.6. The summed E-state index contributed by atoms with van der Waals surface area (Å²) < 4.78 is 11.1. The molecule has 28 heavy (non-hydrogen) atoms. The summed E-state index contributed by atoms with van der Waals surface area (Å²) in [6.45, 7) is 9.33. The first-order valence-corrected chi connectivity index (χ1v) is 9.74. The van der Waals surface area contributed by atoms with E-state index in [1.807, 2.05) is 34.6 Å². The lowest BCUT2D eigenvalue weighted by molar-refractivity contribution is -0.142. The Hall–Kier alpha value is -2.21. The fourth-order valence-electron chi connectivity index (χ4n) is 2.63. The molecule has 6 heteroatoms. The molecule has 1 aromatic carbocycles. The minimum Gasteiger partial charge on any atom is -0.422 e. The van der Waals surface area contributed by atoms with Crippen molar-refractivity contribution in [1.29, 1.82) is 0 Å². The molecule has 0 spiro atoms. The van der Waals surface area contributed by atoms with Crippen LogP contribution < -0.4 is 15.2 Å². The molecule has 2 N–H and O–H groups in total. The zero-order chi connectivity index (χ0) is 20.9. The van der Waals surface area contributed by atoms with Crippen molar-refractivity contribution in [3.05, 3.63) is 23.8 Å². The third-order valence-electron chi connectivity index (χ3n) is 5.83. The molecule has 0 aliphatic heterocycles. The molecule has 0 heterocycles. The van der Waals surface area contributed by atoms with Crippen LogP contribution in [0.2, 0.25) is 0 Å². The third kappa shape index (κ3) is 4.12. The molecule has 2 aliphatic rings. The smallest absolute Gasteiger partial charge is 0.317 e. The maximum Gasteiger partial charge on any atom is 0.317 e. The lowest BCUT2D eigenvalue weighted by Gasteiger charge is -2.26. The van der Waals surface area contributed by atoms with Gasteiger partial charge >= 0.3 is 11.9 Å². The zero-order valence-corrected chi connectivity index (χ0v) is 17.3. The number of Topliss-reactive ketones (excluding diaryl/α,β-unsaturated/α-hetero) is 1. The highest BCUT2D eigenvalue weighted by Crippen LogP contribution is 2.48. The minimum atomic E-state index is -0.712. The highest BCUT2D eigenvalue weighted by molar-refractivity contribution is 6.01. The first kappa shape index (κ1) is 20.5. The first-order chi connectivity index (χ1) is 12.9. The maximum absolute atomic E-state index is 12.8. The van der Waals surface area contributed by atoms with Gasteiger partial charge in [-0.25, -0.2) is 0 Å². The molecule has 0 amide bonds. The van der Waals surface area contributed by atoms with Gasteiger partial charge in [0.2, 0.25) is 0 Å². The number of ketones is 1. The van der Waals surface area contributed by atoms with Crippen LogP contribution in [-0.2, 0) is 9.59 Å². The summed E-state index contributed by atoms with van der Waals surface area (Å²) in [5, 5.41) is 0. The van der Waals surface area contributed by atoms with Crippen molar-refractivity contribution >= 4 is 17.7 Å². The number of esters is 2. The van der Waals surface area contributed by atoms with Gasteiger partial charge in [0.05, 0.1) is 16.9 Å². The molecule has 2 saturated carbocycles. The van der Waals surface area contributed by atoms with Crippen LogP contribution in [0.5, 0.6) is 11.5 Å². The molecule has 3 rings (SSSR count). The monoisotopic (exact) mass is 387 g/mol. The second-order valence-electron chi connectivity index (χ2n) is 9.77. The van der Waals surface area contributed by atoms with Gasteiger partial charge in [0, 0.05) is 5.56 Å². The van der Waals surface area contributed by atoms with E-state index < -0.39 is 22.3 Å². The Bertz CT molecular complexity index is 828. The Morgan fingerprint density at radius 3 is 1.82 bits per heavy atom. The number of carbonyl (C=O) groups excluding carboxylic acids is 3. The van der Waals surface area contributed by atoms with Crippen LogP contribution in [0.1, 0.15) is 70.7 Å². The van der Waals surface area contributed by atoms with E-state index in [9.17, 15) is 14.4 Å². The Morgan fingerprint density at radius 2 is 1.39 bits per heavy atom. The van der Waals surface area contributed by atoms with Crippen molar-refractivity contribution in [3.63, 3.8) is 0 Å². The number of hydrogen-bond acceptors (Lipinski definition) is 6. The maximum atomic E-state index is 12.8. The van der Waals surface area contributed by atoms with Gasteiger partial charge < -0.3 is 15.2 Å². The molecule has 152 valence electrons. The summed E-state index contributed by atoms with van der Waals surface area (Å²) in [6.07, 6.45) is 3.06. The van der Waals surface area contributed by atoms with E-state index in [4.69, 9.17) is 15.2 Å². The molecule has 2 fully saturated rings. The summed E-state index contributed by atoms with van der Waals surface area (Å²) in [6, 6.07) is 3.80. The second-order valence-corrected chi connectivity index (χ2v) is 9.77. The molecule has 0 bridgehead atoms. The molecular weight excluding hydrogens is 358 g/mol. The Labute approximate surface area is 165 Å². The van der Waals surface area contributed by atoms with Crippen molar-refractivity contribution in [2.24, 2.45) is 22.0 Å². The van der Waals surface area contributed by atoms with E-state index in [1.54, 1.807) is 6.07 Å². The number of ether oxygens (including phenoxy) is 2. The van der Waals surface area contributed by atoms with Crippen molar-refractivity contribution in [3.8, 4) is 11.5 Å². The fraction of sp³-hybridized carbons (Fsp3) is 0.591. The van der Waals surface area contributed by atoms with Crippen molar-refractivity contribution in [2.75, 3.05) is 0 Å². The van der Waals surface area contributed by atoms with Gasteiger partial charge in [-0.2, -0.15) is 0 Å². The lowest BCUT2D eigenvalue weighted by atomic mass is 9.83. The summed E-state index contributed by atoms with van der Waals surface area (Å²) in [5.41, 5.74) is 5.02. The van der Waals surface area contributed by atoms with Gasteiger partial charge in [-0.1, -0.05) is 20.8 Å². The van der Waals surface area contributed by atoms with Gasteiger partial charge in [-0.15, -0.1) is 0 Å². The zero-order valence-electron chi connectivity index (χ0n) is 17.3. The number of carbonyl (C=O) groups is 3. The highest BCUT2D eigenvalue weighted by Gasteiger charge is 2.48. The summed E-state index contributed by atoms with van der Waals surface area (Å²) in [4.78, 5) is 37.6. The van der Waals surface area contributed by atoms with Gasteiger partial charge in [0.1, 0.15) is 0 Å². The van der Waals surface area contributed by atoms with Crippen LogP contribution in [-0.4, -0.2) is 23.8 Å². The van der Waals surface area contributed by atoms with E-state index in [1.165, 1.54) is 12.1 Å². The molecule has 1 atom stereocenters. The largest absolute Gasteiger partial charge is 0.422 e.